The number of thiazole rings is 1. The van der Waals surface area contributed by atoms with Gasteiger partial charge in [-0.2, -0.15) is 0 Å². The van der Waals surface area contributed by atoms with E-state index in [1.165, 1.54) is 22.3 Å². The van der Waals surface area contributed by atoms with Gasteiger partial charge in [-0.1, -0.05) is 36.4 Å². The molecule has 0 bridgehead atoms. The summed E-state index contributed by atoms with van der Waals surface area (Å²) in [5.74, 6) is -1.72. The average molecular weight is 562 g/mol. The number of likely N-dealkylation sites (tertiary alicyclic amines) is 1. The highest BCUT2D eigenvalue weighted by molar-refractivity contribution is 7.91. The Morgan fingerprint density at radius 2 is 1.92 bits per heavy atom. The van der Waals surface area contributed by atoms with Crippen molar-refractivity contribution < 1.29 is 22.8 Å². The number of primary amides is 1. The summed E-state index contributed by atoms with van der Waals surface area (Å²) < 4.78 is 28.4. The molecule has 4 rings (SSSR count). The van der Waals surface area contributed by atoms with E-state index >= 15 is 0 Å². The number of hydrogen-bond donors (Lipinski definition) is 3. The quantitative estimate of drug-likeness (QED) is 0.362. The summed E-state index contributed by atoms with van der Waals surface area (Å²) in [5.41, 5.74) is 6.61. The Kier molecular flexibility index (Phi) is 8.37. The lowest BCUT2D eigenvalue weighted by molar-refractivity contribution is -0.131. The monoisotopic (exact) mass is 561 g/mol. The molecule has 13 heteroatoms. The molecule has 4 N–H and O–H groups in total. The van der Waals surface area contributed by atoms with E-state index in [1.807, 2.05) is 30.3 Å². The largest absolute Gasteiger partial charge is 0.368 e. The Labute approximate surface area is 222 Å². The SMILES string of the molecule is Cc1nc(C(=O)N2CC[C@H](NS(=O)(=O)c3cccs3)C[C@H]2C(=O)N[C@H](Cc2ccccc2)C(N)=O)cs1. The van der Waals surface area contributed by atoms with Crippen LogP contribution < -0.4 is 15.8 Å². The maximum absolute atomic E-state index is 13.5. The van der Waals surface area contributed by atoms with Crippen LogP contribution in [0.3, 0.4) is 0 Å². The molecule has 1 aliphatic rings. The number of piperidine rings is 1. The summed E-state index contributed by atoms with van der Waals surface area (Å²) in [7, 11) is -3.78. The van der Waals surface area contributed by atoms with Gasteiger partial charge in [0.15, 0.2) is 0 Å². The first kappa shape index (κ1) is 26.9. The van der Waals surface area contributed by atoms with Gasteiger partial charge in [0.05, 0.1) is 5.01 Å². The van der Waals surface area contributed by atoms with Crippen molar-refractivity contribution in [3.05, 3.63) is 69.5 Å². The number of hydrogen-bond acceptors (Lipinski definition) is 8. The van der Waals surface area contributed by atoms with Gasteiger partial charge in [0, 0.05) is 24.4 Å². The minimum absolute atomic E-state index is 0.0299. The zero-order valence-corrected chi connectivity index (χ0v) is 22.4. The fourth-order valence-electron chi connectivity index (χ4n) is 4.21. The third-order valence-corrected chi connectivity index (χ3v) is 9.72. The Hall–Kier alpha value is -3.13. The van der Waals surface area contributed by atoms with E-state index in [1.54, 1.807) is 23.8 Å². The lowest BCUT2D eigenvalue weighted by Crippen LogP contribution is -2.59. The number of aryl methyl sites for hydroxylation is 1. The number of aromatic nitrogens is 1. The second-order valence-corrected chi connectivity index (χ2v) is 12.6. The number of amides is 3. The molecule has 1 aliphatic heterocycles. The van der Waals surface area contributed by atoms with Crippen LogP contribution in [0.2, 0.25) is 0 Å². The standard InChI is InChI=1S/C24H27N5O5S3/c1-15-26-19(14-36-15)24(32)29-10-9-17(28-37(33,34)21-8-5-11-35-21)13-20(29)23(31)27-18(22(25)30)12-16-6-3-2-4-7-16/h2-8,11,14,17-18,20,28H,9-10,12-13H2,1H3,(H2,25,30)(H,27,31)/t17-,18+,20-/m0/s1. The summed E-state index contributed by atoms with van der Waals surface area (Å²) in [5, 5.41) is 6.68. The third-order valence-electron chi connectivity index (χ3n) is 6.03. The molecule has 37 heavy (non-hydrogen) atoms. The van der Waals surface area contributed by atoms with E-state index in [0.717, 1.165) is 16.9 Å². The molecule has 10 nitrogen and oxygen atoms in total. The van der Waals surface area contributed by atoms with Gasteiger partial charge in [-0.3, -0.25) is 14.4 Å². The molecule has 0 radical (unpaired) electrons. The van der Waals surface area contributed by atoms with Gasteiger partial charge in [0.25, 0.3) is 5.91 Å². The second kappa shape index (κ2) is 11.5. The summed E-state index contributed by atoms with van der Waals surface area (Å²) >= 11 is 2.41. The highest BCUT2D eigenvalue weighted by Crippen LogP contribution is 2.24. The highest BCUT2D eigenvalue weighted by Gasteiger charge is 2.39. The van der Waals surface area contributed by atoms with E-state index in [0.29, 0.717) is 11.4 Å². The molecular formula is C24H27N5O5S3. The van der Waals surface area contributed by atoms with Gasteiger partial charge >= 0.3 is 0 Å². The summed E-state index contributed by atoms with van der Waals surface area (Å²) in [4.78, 5) is 44.6. The fourth-order valence-corrected chi connectivity index (χ4v) is 7.09. The van der Waals surface area contributed by atoms with E-state index in [4.69, 9.17) is 5.73 Å². The van der Waals surface area contributed by atoms with Crippen molar-refractivity contribution in [1.29, 1.82) is 0 Å². The minimum atomic E-state index is -3.78. The Bertz CT molecular complexity index is 1360. The predicted molar refractivity (Wildman–Crippen MR) is 141 cm³/mol. The third kappa shape index (κ3) is 6.60. The molecule has 0 aliphatic carbocycles. The van der Waals surface area contributed by atoms with Crippen LogP contribution in [0.25, 0.3) is 0 Å². The molecule has 0 unspecified atom stereocenters. The van der Waals surface area contributed by atoms with Crippen LogP contribution in [0.15, 0.2) is 57.4 Å². The first-order valence-electron chi connectivity index (χ1n) is 11.6. The maximum atomic E-state index is 13.5. The van der Waals surface area contributed by atoms with E-state index in [2.05, 4.69) is 15.0 Å². The van der Waals surface area contributed by atoms with Crippen LogP contribution >= 0.6 is 22.7 Å². The second-order valence-electron chi connectivity index (χ2n) is 8.69. The molecule has 3 heterocycles. The van der Waals surface area contributed by atoms with Gasteiger partial charge in [0.1, 0.15) is 22.0 Å². The van der Waals surface area contributed by atoms with Crippen molar-refractivity contribution in [2.45, 2.75) is 48.5 Å². The van der Waals surface area contributed by atoms with Crippen LogP contribution in [-0.2, 0) is 26.0 Å². The van der Waals surface area contributed by atoms with Gasteiger partial charge in [0.2, 0.25) is 21.8 Å². The molecule has 1 saturated heterocycles. The summed E-state index contributed by atoms with van der Waals surface area (Å²) in [6, 6.07) is 9.62. The van der Waals surface area contributed by atoms with Gasteiger partial charge in [-0.25, -0.2) is 18.1 Å². The number of nitrogens with one attached hydrogen (secondary N) is 2. The molecule has 3 atom stereocenters. The van der Waals surface area contributed by atoms with Gasteiger partial charge in [-0.05, 0) is 36.8 Å². The van der Waals surface area contributed by atoms with Gasteiger partial charge in [-0.15, -0.1) is 22.7 Å². The van der Waals surface area contributed by atoms with Crippen LogP contribution in [0, 0.1) is 6.92 Å². The number of rotatable bonds is 9. The number of thiophene rings is 1. The molecule has 196 valence electrons. The predicted octanol–water partition coefficient (Wildman–Crippen LogP) is 1.68. The molecule has 3 aromatic rings. The lowest BCUT2D eigenvalue weighted by Gasteiger charge is -2.38. The van der Waals surface area contributed by atoms with Gasteiger partial charge < -0.3 is 16.0 Å². The smallest absolute Gasteiger partial charge is 0.274 e. The lowest BCUT2D eigenvalue weighted by atomic mass is 9.96. The molecule has 1 fully saturated rings. The topological polar surface area (TPSA) is 152 Å². The Balaban J connectivity index is 1.55. The number of benzene rings is 1. The minimum Gasteiger partial charge on any atom is -0.368 e. The Morgan fingerprint density at radius 1 is 1.16 bits per heavy atom. The van der Waals surface area contributed by atoms with Crippen LogP contribution in [-0.4, -0.2) is 60.7 Å². The molecule has 0 saturated carbocycles. The van der Waals surface area contributed by atoms with Crippen molar-refractivity contribution in [3.63, 3.8) is 0 Å². The number of nitrogens with zero attached hydrogens (tertiary/aromatic N) is 2. The van der Waals surface area contributed by atoms with E-state index in [9.17, 15) is 22.8 Å². The van der Waals surface area contributed by atoms with Crippen LogP contribution in [0.5, 0.6) is 0 Å². The van der Waals surface area contributed by atoms with Crippen molar-refractivity contribution in [2.75, 3.05) is 6.54 Å². The normalized spacial score (nSPS) is 18.8. The van der Waals surface area contributed by atoms with E-state index in [-0.39, 0.29) is 29.3 Å². The number of carbonyl (C=O) groups excluding carboxylic acids is 3. The average Bonchev–Trinajstić information content (AvgIpc) is 3.56. The first-order valence-corrected chi connectivity index (χ1v) is 14.8. The molecule has 2 aromatic heterocycles. The first-order chi connectivity index (χ1) is 17.6. The zero-order valence-electron chi connectivity index (χ0n) is 20.0. The maximum Gasteiger partial charge on any atom is 0.274 e. The Morgan fingerprint density at radius 3 is 2.54 bits per heavy atom. The van der Waals surface area contributed by atoms with E-state index < -0.39 is 45.9 Å². The van der Waals surface area contributed by atoms with Crippen molar-refractivity contribution in [2.24, 2.45) is 5.73 Å². The van der Waals surface area contributed by atoms with Crippen molar-refractivity contribution in [1.82, 2.24) is 19.9 Å². The van der Waals surface area contributed by atoms with Crippen molar-refractivity contribution in [3.8, 4) is 0 Å². The molecule has 1 aromatic carbocycles. The zero-order chi connectivity index (χ0) is 26.6. The number of carbonyl (C=O) groups is 3. The number of sulfonamides is 1. The fraction of sp³-hybridized carbons (Fsp3) is 0.333. The molecular weight excluding hydrogens is 534 g/mol. The number of nitrogens with two attached hydrogens (primary N) is 1. The van der Waals surface area contributed by atoms with Crippen LogP contribution in [0.1, 0.15) is 33.9 Å². The summed E-state index contributed by atoms with van der Waals surface area (Å²) in [6.07, 6.45) is 0.525. The molecule has 0 spiro atoms. The van der Waals surface area contributed by atoms with Crippen molar-refractivity contribution >= 4 is 50.4 Å². The highest BCUT2D eigenvalue weighted by atomic mass is 32.2. The summed E-state index contributed by atoms with van der Waals surface area (Å²) in [6.45, 7) is 1.91. The molecule has 3 amide bonds. The van der Waals surface area contributed by atoms with Crippen LogP contribution in [0.4, 0.5) is 0 Å².